The molecule has 1 aliphatic heterocycles. The Morgan fingerprint density at radius 3 is 2.74 bits per heavy atom. The van der Waals surface area contributed by atoms with E-state index in [4.69, 9.17) is 0 Å². The fourth-order valence-corrected chi connectivity index (χ4v) is 2.67. The van der Waals surface area contributed by atoms with Crippen molar-refractivity contribution in [3.05, 3.63) is 35.9 Å². The lowest BCUT2D eigenvalue weighted by atomic mass is 10.0. The van der Waals surface area contributed by atoms with E-state index < -0.39 is 12.1 Å². The minimum Gasteiger partial charge on any atom is -0.480 e. The quantitative estimate of drug-likeness (QED) is 0.853. The van der Waals surface area contributed by atoms with Gasteiger partial charge in [-0.3, -0.25) is 9.69 Å². The summed E-state index contributed by atoms with van der Waals surface area (Å²) in [5.41, 5.74) is 0.895. The second-order valence-electron chi connectivity index (χ2n) is 5.10. The number of carboxylic acid groups (broad SMARTS) is 1. The molecule has 104 valence electrons. The molecular weight excluding hydrogens is 242 g/mol. The summed E-state index contributed by atoms with van der Waals surface area (Å²) in [6, 6.07) is 9.14. The maximum atomic E-state index is 11.2. The number of aliphatic hydroxyl groups excluding tert-OH is 1. The van der Waals surface area contributed by atoms with Crippen LogP contribution >= 0.6 is 0 Å². The molecule has 2 atom stereocenters. The molecule has 1 aromatic rings. The number of aliphatic hydroxyl groups is 1. The Balaban J connectivity index is 1.88. The third kappa shape index (κ3) is 3.78. The number of piperidine rings is 1. The van der Waals surface area contributed by atoms with Gasteiger partial charge in [0.2, 0.25) is 0 Å². The predicted molar refractivity (Wildman–Crippen MR) is 72.9 cm³/mol. The second-order valence-corrected chi connectivity index (χ2v) is 5.10. The zero-order valence-corrected chi connectivity index (χ0v) is 11.0. The van der Waals surface area contributed by atoms with Gasteiger partial charge in [-0.2, -0.15) is 0 Å². The van der Waals surface area contributed by atoms with Gasteiger partial charge in [-0.1, -0.05) is 36.8 Å². The summed E-state index contributed by atoms with van der Waals surface area (Å²) >= 11 is 0. The van der Waals surface area contributed by atoms with E-state index in [9.17, 15) is 15.0 Å². The minimum absolute atomic E-state index is 0.378. The number of carboxylic acids is 1. The van der Waals surface area contributed by atoms with Gasteiger partial charge in [-0.25, -0.2) is 0 Å². The molecular formula is C15H21NO3. The third-order valence-corrected chi connectivity index (χ3v) is 3.77. The SMILES string of the molecule is O=C(O)C1CCCCN1CCC(O)c1ccccc1. The molecule has 19 heavy (non-hydrogen) atoms. The van der Waals surface area contributed by atoms with Gasteiger partial charge in [-0.05, 0) is 31.4 Å². The van der Waals surface area contributed by atoms with E-state index in [2.05, 4.69) is 0 Å². The number of aliphatic carboxylic acids is 1. The highest BCUT2D eigenvalue weighted by Crippen LogP contribution is 2.21. The molecule has 0 aliphatic carbocycles. The molecule has 0 aromatic heterocycles. The molecule has 1 fully saturated rings. The Labute approximate surface area is 113 Å². The summed E-state index contributed by atoms with van der Waals surface area (Å²) in [4.78, 5) is 13.2. The van der Waals surface area contributed by atoms with E-state index >= 15 is 0 Å². The van der Waals surface area contributed by atoms with Crippen molar-refractivity contribution in [2.24, 2.45) is 0 Å². The lowest BCUT2D eigenvalue weighted by molar-refractivity contribution is -0.144. The zero-order valence-electron chi connectivity index (χ0n) is 11.0. The highest BCUT2D eigenvalue weighted by molar-refractivity contribution is 5.73. The molecule has 1 heterocycles. The van der Waals surface area contributed by atoms with Crippen molar-refractivity contribution in [1.82, 2.24) is 4.90 Å². The monoisotopic (exact) mass is 263 g/mol. The van der Waals surface area contributed by atoms with Gasteiger partial charge in [0.05, 0.1) is 6.10 Å². The van der Waals surface area contributed by atoms with Crippen LogP contribution in [-0.4, -0.2) is 40.2 Å². The highest BCUT2D eigenvalue weighted by atomic mass is 16.4. The van der Waals surface area contributed by atoms with Gasteiger partial charge in [-0.15, -0.1) is 0 Å². The molecule has 4 nitrogen and oxygen atoms in total. The first kappa shape index (κ1) is 14.0. The molecule has 2 unspecified atom stereocenters. The minimum atomic E-state index is -0.742. The largest absolute Gasteiger partial charge is 0.480 e. The van der Waals surface area contributed by atoms with E-state index in [1.54, 1.807) is 0 Å². The average molecular weight is 263 g/mol. The topological polar surface area (TPSA) is 60.8 Å². The Morgan fingerprint density at radius 2 is 2.05 bits per heavy atom. The van der Waals surface area contributed by atoms with Crippen molar-refractivity contribution in [2.75, 3.05) is 13.1 Å². The smallest absolute Gasteiger partial charge is 0.320 e. The molecule has 2 N–H and O–H groups in total. The van der Waals surface area contributed by atoms with Crippen LogP contribution in [-0.2, 0) is 4.79 Å². The third-order valence-electron chi connectivity index (χ3n) is 3.77. The lowest BCUT2D eigenvalue weighted by Crippen LogP contribution is -2.45. The standard InChI is InChI=1S/C15H21NO3/c17-14(12-6-2-1-3-7-12)9-11-16-10-5-4-8-13(16)15(18)19/h1-3,6-7,13-14,17H,4-5,8-11H2,(H,18,19). The van der Waals surface area contributed by atoms with Gasteiger partial charge in [0.1, 0.15) is 6.04 Å². The average Bonchev–Trinajstić information content (AvgIpc) is 2.46. The number of likely N-dealkylation sites (tertiary alicyclic amines) is 1. The molecule has 0 spiro atoms. The van der Waals surface area contributed by atoms with E-state index in [1.165, 1.54) is 0 Å². The summed E-state index contributed by atoms with van der Waals surface area (Å²) in [6.07, 6.45) is 2.81. The van der Waals surface area contributed by atoms with Crippen LogP contribution in [0.15, 0.2) is 30.3 Å². The van der Waals surface area contributed by atoms with Crippen LogP contribution < -0.4 is 0 Å². The number of carbonyl (C=O) groups is 1. The van der Waals surface area contributed by atoms with Gasteiger partial charge >= 0.3 is 5.97 Å². The first-order valence-corrected chi connectivity index (χ1v) is 6.88. The molecule has 0 radical (unpaired) electrons. The van der Waals surface area contributed by atoms with Crippen LogP contribution in [0.2, 0.25) is 0 Å². The van der Waals surface area contributed by atoms with Crippen molar-refractivity contribution < 1.29 is 15.0 Å². The van der Waals surface area contributed by atoms with Gasteiger partial charge < -0.3 is 10.2 Å². The van der Waals surface area contributed by atoms with Crippen molar-refractivity contribution in [3.63, 3.8) is 0 Å². The Kier molecular flexibility index (Phi) is 4.93. The molecule has 1 saturated heterocycles. The van der Waals surface area contributed by atoms with Crippen molar-refractivity contribution in [2.45, 2.75) is 37.8 Å². The highest BCUT2D eigenvalue weighted by Gasteiger charge is 2.28. The first-order valence-electron chi connectivity index (χ1n) is 6.88. The van der Waals surface area contributed by atoms with E-state index in [1.807, 2.05) is 35.2 Å². The first-order chi connectivity index (χ1) is 9.18. The summed E-state index contributed by atoms with van der Waals surface area (Å²) in [7, 11) is 0. The lowest BCUT2D eigenvalue weighted by Gasteiger charge is -2.33. The van der Waals surface area contributed by atoms with Gasteiger partial charge in [0.25, 0.3) is 0 Å². The summed E-state index contributed by atoms with van der Waals surface area (Å²) in [6.45, 7) is 1.45. The van der Waals surface area contributed by atoms with Crippen molar-refractivity contribution >= 4 is 5.97 Å². The number of rotatable bonds is 5. The maximum absolute atomic E-state index is 11.2. The van der Waals surface area contributed by atoms with E-state index in [0.717, 1.165) is 31.4 Å². The number of nitrogens with zero attached hydrogens (tertiary/aromatic N) is 1. The number of benzene rings is 1. The molecule has 2 rings (SSSR count). The van der Waals surface area contributed by atoms with Crippen LogP contribution in [0.5, 0.6) is 0 Å². The molecule has 0 bridgehead atoms. The van der Waals surface area contributed by atoms with Crippen molar-refractivity contribution in [3.8, 4) is 0 Å². The van der Waals surface area contributed by atoms with Crippen LogP contribution in [0.3, 0.4) is 0 Å². The maximum Gasteiger partial charge on any atom is 0.320 e. The predicted octanol–water partition coefficient (Wildman–Crippen LogP) is 2.05. The van der Waals surface area contributed by atoms with Crippen LogP contribution in [0.4, 0.5) is 0 Å². The molecule has 4 heteroatoms. The summed E-state index contributed by atoms with van der Waals surface area (Å²) in [5, 5.41) is 19.3. The van der Waals surface area contributed by atoms with Gasteiger partial charge in [0.15, 0.2) is 0 Å². The summed E-state index contributed by atoms with van der Waals surface area (Å²) in [5.74, 6) is -0.742. The van der Waals surface area contributed by atoms with Crippen LogP contribution in [0.25, 0.3) is 0 Å². The molecule has 1 aliphatic rings. The number of hydrogen-bond acceptors (Lipinski definition) is 3. The van der Waals surface area contributed by atoms with E-state index in [-0.39, 0.29) is 6.04 Å². The fraction of sp³-hybridized carbons (Fsp3) is 0.533. The zero-order chi connectivity index (χ0) is 13.7. The Bertz CT molecular complexity index is 407. The second kappa shape index (κ2) is 6.68. The fourth-order valence-electron chi connectivity index (χ4n) is 2.67. The molecule has 1 aromatic carbocycles. The normalized spacial score (nSPS) is 22.1. The molecule has 0 saturated carbocycles. The van der Waals surface area contributed by atoms with Crippen molar-refractivity contribution in [1.29, 1.82) is 0 Å². The number of hydrogen-bond donors (Lipinski definition) is 2. The van der Waals surface area contributed by atoms with Gasteiger partial charge in [0, 0.05) is 6.54 Å². The Morgan fingerprint density at radius 1 is 1.32 bits per heavy atom. The van der Waals surface area contributed by atoms with Crippen LogP contribution in [0, 0.1) is 0 Å². The summed E-state index contributed by atoms with van der Waals surface area (Å²) < 4.78 is 0. The van der Waals surface area contributed by atoms with Crippen LogP contribution in [0.1, 0.15) is 37.4 Å². The molecule has 0 amide bonds. The van der Waals surface area contributed by atoms with E-state index in [0.29, 0.717) is 13.0 Å². The Hall–Kier alpha value is -1.39.